The number of amides is 2. The third-order valence-corrected chi connectivity index (χ3v) is 6.84. The highest BCUT2D eigenvalue weighted by Gasteiger charge is 2.64. The van der Waals surface area contributed by atoms with E-state index in [0.717, 1.165) is 0 Å². The summed E-state index contributed by atoms with van der Waals surface area (Å²) in [4.78, 5) is 28.2. The first-order chi connectivity index (χ1) is 17.7. The number of halogens is 11. The Balaban J connectivity index is 1.86. The minimum atomic E-state index is -5.48. The number of rotatable bonds is 6. The molecule has 0 saturated carbocycles. The van der Waals surface area contributed by atoms with E-state index in [1.807, 2.05) is 0 Å². The Morgan fingerprint density at radius 1 is 1.08 bits per heavy atom. The van der Waals surface area contributed by atoms with Gasteiger partial charge in [-0.1, -0.05) is 16.8 Å². The van der Waals surface area contributed by atoms with Crippen LogP contribution >= 0.6 is 22.9 Å². The summed E-state index contributed by atoms with van der Waals surface area (Å²) in [6, 6.07) is 1.24. The molecule has 2 heterocycles. The minimum Gasteiger partial charge on any atom is -0.374 e. The Bertz CT molecular complexity index is 1320. The largest absolute Gasteiger partial charge is 0.435 e. The lowest BCUT2D eigenvalue weighted by atomic mass is 9.86. The first-order valence-electron chi connectivity index (χ1n) is 10.4. The van der Waals surface area contributed by atoms with Crippen LogP contribution in [-0.4, -0.2) is 43.0 Å². The number of aryl methyl sites for hydroxylation is 1. The summed E-state index contributed by atoms with van der Waals surface area (Å²) >= 11 is 6.01. The molecule has 0 unspecified atom stereocenters. The van der Waals surface area contributed by atoms with Gasteiger partial charge >= 0.3 is 18.5 Å². The lowest BCUT2D eigenvalue weighted by molar-refractivity contribution is -0.276. The van der Waals surface area contributed by atoms with Gasteiger partial charge in [-0.05, 0) is 30.7 Å². The van der Waals surface area contributed by atoms with Gasteiger partial charge < -0.3 is 15.5 Å². The van der Waals surface area contributed by atoms with Gasteiger partial charge in [-0.25, -0.2) is 4.39 Å². The maximum Gasteiger partial charge on any atom is 0.435 e. The van der Waals surface area contributed by atoms with E-state index >= 15 is 0 Å². The van der Waals surface area contributed by atoms with Gasteiger partial charge in [0.1, 0.15) is 18.1 Å². The monoisotopic (exact) mass is 613 g/mol. The van der Waals surface area contributed by atoms with Crippen molar-refractivity contribution in [1.29, 1.82) is 0 Å². The highest BCUT2D eigenvalue weighted by molar-refractivity contribution is 7.16. The number of nitrogens with one attached hydrogen (secondary N) is 2. The van der Waals surface area contributed by atoms with Crippen LogP contribution in [-0.2, 0) is 21.4 Å². The van der Waals surface area contributed by atoms with Gasteiger partial charge in [0.25, 0.3) is 11.5 Å². The van der Waals surface area contributed by atoms with E-state index in [-0.39, 0.29) is 27.5 Å². The van der Waals surface area contributed by atoms with Crippen LogP contribution in [0.2, 0.25) is 5.02 Å². The van der Waals surface area contributed by atoms with E-state index in [1.54, 1.807) is 0 Å². The summed E-state index contributed by atoms with van der Waals surface area (Å²) in [5, 5.41) is 5.66. The zero-order valence-corrected chi connectivity index (χ0v) is 20.7. The SMILES string of the molecule is Cc1cc(C2=NO[C@](c3cc(C(F)(F)F)cc(Cl)c3F)(C(F)(F)F)C2)sc1C(=O)NCC(=O)NCC(F)(F)F. The van der Waals surface area contributed by atoms with Gasteiger partial charge in [-0.3, -0.25) is 9.59 Å². The molecule has 1 aliphatic rings. The number of alkyl halides is 9. The van der Waals surface area contributed by atoms with Gasteiger partial charge in [0.05, 0.1) is 33.3 Å². The number of benzene rings is 1. The van der Waals surface area contributed by atoms with Crippen molar-refractivity contribution < 1.29 is 58.3 Å². The molecule has 39 heavy (non-hydrogen) atoms. The Morgan fingerprint density at radius 3 is 2.28 bits per heavy atom. The molecule has 214 valence electrons. The lowest BCUT2D eigenvalue weighted by Gasteiger charge is -2.30. The molecule has 0 fully saturated rings. The maximum absolute atomic E-state index is 14.7. The molecular weight excluding hydrogens is 600 g/mol. The van der Waals surface area contributed by atoms with E-state index in [1.165, 1.54) is 18.3 Å². The smallest absolute Gasteiger partial charge is 0.374 e. The molecule has 2 amide bonds. The Kier molecular flexibility index (Phi) is 8.18. The van der Waals surface area contributed by atoms with Crippen molar-refractivity contribution in [1.82, 2.24) is 10.6 Å². The van der Waals surface area contributed by atoms with Crippen molar-refractivity contribution in [2.24, 2.45) is 5.16 Å². The predicted molar refractivity (Wildman–Crippen MR) is 117 cm³/mol. The standard InChI is InChI=1S/C21H14ClF10N3O3S/c1-8-2-13(39-16(8)17(37)33-6-14(36)34-7-19(24,25)26)12-5-18(38-35-12,21(30,31)32)10-3-9(20(27,28)29)4-11(22)15(10)23/h2-4H,5-7H2,1H3,(H,33,37)(H,34,36)/t18-/m1/s1. The van der Waals surface area contributed by atoms with Gasteiger partial charge in [0.15, 0.2) is 0 Å². The second-order valence-electron chi connectivity index (χ2n) is 8.15. The van der Waals surface area contributed by atoms with Crippen LogP contribution < -0.4 is 10.6 Å². The Labute approximate surface area is 220 Å². The van der Waals surface area contributed by atoms with Crippen molar-refractivity contribution in [2.45, 2.75) is 37.5 Å². The normalized spacial score (nSPS) is 18.0. The molecule has 0 aliphatic carbocycles. The number of nitrogens with zero attached hydrogens (tertiary/aromatic N) is 1. The minimum absolute atomic E-state index is 0.0739. The van der Waals surface area contributed by atoms with Crippen LogP contribution in [0.5, 0.6) is 0 Å². The molecule has 0 saturated heterocycles. The fraction of sp³-hybridized carbons (Fsp3) is 0.381. The first kappa shape index (κ1) is 30.5. The molecule has 0 bridgehead atoms. The molecule has 1 atom stereocenters. The number of carbonyl (C=O) groups excluding carboxylic acids is 2. The van der Waals surface area contributed by atoms with Crippen molar-refractivity contribution in [2.75, 3.05) is 13.1 Å². The molecule has 1 aromatic heterocycles. The molecule has 3 rings (SSSR count). The number of hydrogen-bond donors (Lipinski definition) is 2. The van der Waals surface area contributed by atoms with Gasteiger partial charge in [0, 0.05) is 5.56 Å². The van der Waals surface area contributed by atoms with Crippen LogP contribution in [0, 0.1) is 12.7 Å². The lowest BCUT2D eigenvalue weighted by Crippen LogP contribution is -2.43. The number of oxime groups is 1. The third-order valence-electron chi connectivity index (χ3n) is 5.28. The summed E-state index contributed by atoms with van der Waals surface area (Å²) in [7, 11) is 0. The maximum atomic E-state index is 14.7. The second-order valence-corrected chi connectivity index (χ2v) is 9.60. The van der Waals surface area contributed by atoms with Crippen LogP contribution in [0.4, 0.5) is 43.9 Å². The van der Waals surface area contributed by atoms with Crippen LogP contribution in [0.25, 0.3) is 0 Å². The predicted octanol–water partition coefficient (Wildman–Crippen LogP) is 5.86. The van der Waals surface area contributed by atoms with E-state index in [2.05, 4.69) is 15.3 Å². The topological polar surface area (TPSA) is 79.8 Å². The summed E-state index contributed by atoms with van der Waals surface area (Å²) in [5.74, 6) is -3.92. The molecule has 1 aliphatic heterocycles. The van der Waals surface area contributed by atoms with Gasteiger partial charge in [-0.15, -0.1) is 11.3 Å². The van der Waals surface area contributed by atoms with Crippen molar-refractivity contribution in [3.8, 4) is 0 Å². The van der Waals surface area contributed by atoms with Crippen molar-refractivity contribution in [3.05, 3.63) is 55.5 Å². The Hall–Kier alpha value is -3.08. The average molecular weight is 614 g/mol. The average Bonchev–Trinajstić information content (AvgIpc) is 3.41. The zero-order chi connectivity index (χ0) is 29.6. The van der Waals surface area contributed by atoms with Crippen LogP contribution in [0.1, 0.15) is 37.7 Å². The quantitative estimate of drug-likeness (QED) is 0.401. The molecule has 1 aromatic carbocycles. The van der Waals surface area contributed by atoms with E-state index in [0.29, 0.717) is 11.3 Å². The second kappa shape index (κ2) is 10.5. The fourth-order valence-corrected chi connectivity index (χ4v) is 4.70. The molecule has 2 aromatic rings. The Morgan fingerprint density at radius 2 is 1.72 bits per heavy atom. The highest BCUT2D eigenvalue weighted by Crippen LogP contribution is 2.51. The molecule has 0 radical (unpaired) electrons. The van der Waals surface area contributed by atoms with Crippen molar-refractivity contribution >= 4 is 40.5 Å². The zero-order valence-electron chi connectivity index (χ0n) is 19.1. The van der Waals surface area contributed by atoms with E-state index < -0.39 is 83.1 Å². The molecule has 2 N–H and O–H groups in total. The summed E-state index contributed by atoms with van der Waals surface area (Å²) < 4.78 is 133. The first-order valence-corrected chi connectivity index (χ1v) is 11.6. The van der Waals surface area contributed by atoms with Crippen molar-refractivity contribution in [3.63, 3.8) is 0 Å². The van der Waals surface area contributed by atoms with Gasteiger partial charge in [-0.2, -0.15) is 39.5 Å². The van der Waals surface area contributed by atoms with Crippen LogP contribution in [0.3, 0.4) is 0 Å². The molecule has 18 heteroatoms. The fourth-order valence-electron chi connectivity index (χ4n) is 3.41. The van der Waals surface area contributed by atoms with E-state index in [9.17, 15) is 53.5 Å². The van der Waals surface area contributed by atoms with Gasteiger partial charge in [0.2, 0.25) is 5.91 Å². The van der Waals surface area contributed by atoms with Crippen LogP contribution in [0.15, 0.2) is 23.4 Å². The number of hydrogen-bond acceptors (Lipinski definition) is 5. The third kappa shape index (κ3) is 6.57. The highest BCUT2D eigenvalue weighted by atomic mass is 35.5. The molecule has 6 nitrogen and oxygen atoms in total. The summed E-state index contributed by atoms with van der Waals surface area (Å²) in [6.45, 7) is -1.14. The molecular formula is C21H14ClF10N3O3S. The summed E-state index contributed by atoms with van der Waals surface area (Å²) in [6.07, 6.45) is -16.6. The number of thiophene rings is 1. The summed E-state index contributed by atoms with van der Waals surface area (Å²) in [5.41, 5.74) is -7.23. The number of carbonyl (C=O) groups is 2. The molecule has 0 spiro atoms. The van der Waals surface area contributed by atoms with E-state index in [4.69, 9.17) is 11.6 Å².